The highest BCUT2D eigenvalue weighted by molar-refractivity contribution is 7.89. The molecule has 8 heteroatoms. The highest BCUT2D eigenvalue weighted by Gasteiger charge is 2.29. The lowest BCUT2D eigenvalue weighted by Gasteiger charge is -2.31. The average Bonchev–Trinajstić information content (AvgIpc) is 2.48. The van der Waals surface area contributed by atoms with Crippen LogP contribution in [0.4, 0.5) is 0 Å². The van der Waals surface area contributed by atoms with Gasteiger partial charge in [0.05, 0.1) is 4.90 Å². The van der Waals surface area contributed by atoms with E-state index in [9.17, 15) is 13.2 Å². The quantitative estimate of drug-likeness (QED) is 0.825. The molecule has 1 saturated heterocycles. The lowest BCUT2D eigenvalue weighted by molar-refractivity contribution is 0.1000. The van der Waals surface area contributed by atoms with Gasteiger partial charge in [0.15, 0.2) is 0 Å². The fraction of sp³-hybridized carbons (Fsp3) is 0.500. The van der Waals surface area contributed by atoms with Crippen molar-refractivity contribution in [3.63, 3.8) is 0 Å². The summed E-state index contributed by atoms with van der Waals surface area (Å²) in [6, 6.07) is 5.78. The number of amides is 1. The number of piperidine rings is 1. The van der Waals surface area contributed by atoms with Crippen LogP contribution in [0.2, 0.25) is 0 Å². The first kappa shape index (κ1) is 18.9. The summed E-state index contributed by atoms with van der Waals surface area (Å²) in [5.41, 5.74) is 5.47. The van der Waals surface area contributed by atoms with Gasteiger partial charge in [0, 0.05) is 18.7 Å². The fourth-order valence-corrected chi connectivity index (χ4v) is 4.20. The van der Waals surface area contributed by atoms with Gasteiger partial charge in [-0.3, -0.25) is 4.79 Å². The maximum Gasteiger partial charge on any atom is 0.248 e. The van der Waals surface area contributed by atoms with Crippen molar-refractivity contribution >= 4 is 28.3 Å². The van der Waals surface area contributed by atoms with Gasteiger partial charge < -0.3 is 11.1 Å². The van der Waals surface area contributed by atoms with Crippen LogP contribution in [-0.4, -0.2) is 45.3 Å². The topological polar surface area (TPSA) is 92.5 Å². The third-order valence-electron chi connectivity index (χ3n) is 3.75. The zero-order valence-electron chi connectivity index (χ0n) is 12.5. The molecular formula is C14H22ClN3O3S. The monoisotopic (exact) mass is 347 g/mol. The molecule has 0 aliphatic carbocycles. The molecule has 1 aliphatic rings. The summed E-state index contributed by atoms with van der Waals surface area (Å²) in [5, 5.41) is 3.10. The predicted octanol–water partition coefficient (Wildman–Crippen LogP) is 0.827. The molecular weight excluding hydrogens is 326 g/mol. The Kier molecular flexibility index (Phi) is 6.80. The molecule has 0 spiro atoms. The van der Waals surface area contributed by atoms with Crippen LogP contribution in [0.3, 0.4) is 0 Å². The summed E-state index contributed by atoms with van der Waals surface area (Å²) in [7, 11) is -1.63. The van der Waals surface area contributed by atoms with E-state index in [1.165, 1.54) is 28.6 Å². The third-order valence-corrected chi connectivity index (χ3v) is 5.63. The van der Waals surface area contributed by atoms with E-state index in [1.807, 2.05) is 7.05 Å². The SMILES string of the molecule is CNCC1CCCN(S(=O)(=O)c2ccc(C(N)=O)cc2)C1.Cl. The number of rotatable bonds is 5. The Morgan fingerprint density at radius 2 is 2.00 bits per heavy atom. The van der Waals surface area contributed by atoms with Crippen LogP contribution in [0.25, 0.3) is 0 Å². The summed E-state index contributed by atoms with van der Waals surface area (Å²) in [6.07, 6.45) is 1.90. The molecule has 124 valence electrons. The molecule has 0 saturated carbocycles. The van der Waals surface area contributed by atoms with E-state index in [-0.39, 0.29) is 17.3 Å². The number of hydrogen-bond donors (Lipinski definition) is 2. The molecule has 0 aromatic heterocycles. The number of carbonyl (C=O) groups excluding carboxylic acids is 1. The molecule has 6 nitrogen and oxygen atoms in total. The zero-order valence-corrected chi connectivity index (χ0v) is 14.1. The van der Waals surface area contributed by atoms with Gasteiger partial charge in [0.25, 0.3) is 0 Å². The first-order chi connectivity index (χ1) is 9.95. The van der Waals surface area contributed by atoms with Crippen LogP contribution in [0.5, 0.6) is 0 Å². The van der Waals surface area contributed by atoms with Crippen molar-refractivity contribution in [3.05, 3.63) is 29.8 Å². The van der Waals surface area contributed by atoms with Crippen molar-refractivity contribution in [1.29, 1.82) is 0 Å². The Labute approximate surface area is 137 Å². The van der Waals surface area contributed by atoms with Gasteiger partial charge in [-0.15, -0.1) is 12.4 Å². The number of sulfonamides is 1. The second-order valence-corrected chi connectivity index (χ2v) is 7.26. The van der Waals surface area contributed by atoms with Gasteiger partial charge in [-0.05, 0) is 56.6 Å². The van der Waals surface area contributed by atoms with Gasteiger partial charge in [-0.1, -0.05) is 0 Å². The van der Waals surface area contributed by atoms with Crippen molar-refractivity contribution in [1.82, 2.24) is 9.62 Å². The molecule has 3 N–H and O–H groups in total. The number of halogens is 1. The lowest BCUT2D eigenvalue weighted by Crippen LogP contribution is -2.42. The van der Waals surface area contributed by atoms with Crippen LogP contribution in [0.15, 0.2) is 29.2 Å². The molecule has 1 fully saturated rings. The van der Waals surface area contributed by atoms with Crippen molar-refractivity contribution in [3.8, 4) is 0 Å². The second kappa shape index (κ2) is 7.92. The van der Waals surface area contributed by atoms with Crippen molar-refractivity contribution in [2.75, 3.05) is 26.7 Å². The largest absolute Gasteiger partial charge is 0.366 e. The maximum absolute atomic E-state index is 12.6. The molecule has 1 aromatic carbocycles. The Hall–Kier alpha value is -1.15. The molecule has 1 aromatic rings. The Bertz CT molecular complexity index is 602. The molecule has 1 heterocycles. The van der Waals surface area contributed by atoms with Gasteiger partial charge >= 0.3 is 0 Å². The number of benzene rings is 1. The Balaban J connectivity index is 0.00000242. The average molecular weight is 348 g/mol. The minimum atomic E-state index is -3.50. The normalized spacial score (nSPS) is 19.4. The van der Waals surface area contributed by atoms with Crippen LogP contribution >= 0.6 is 12.4 Å². The van der Waals surface area contributed by atoms with Crippen LogP contribution in [-0.2, 0) is 10.0 Å². The number of primary amides is 1. The summed E-state index contributed by atoms with van der Waals surface area (Å²) >= 11 is 0. The lowest BCUT2D eigenvalue weighted by atomic mass is 10.00. The number of hydrogen-bond acceptors (Lipinski definition) is 4. The highest BCUT2D eigenvalue weighted by Crippen LogP contribution is 2.23. The Morgan fingerprint density at radius 1 is 1.36 bits per heavy atom. The third kappa shape index (κ3) is 4.19. The molecule has 0 radical (unpaired) electrons. The van der Waals surface area contributed by atoms with E-state index in [0.29, 0.717) is 24.6 Å². The molecule has 1 unspecified atom stereocenters. The summed E-state index contributed by atoms with van der Waals surface area (Å²) < 4.78 is 26.7. The molecule has 1 aliphatic heterocycles. The van der Waals surface area contributed by atoms with E-state index in [0.717, 1.165) is 19.4 Å². The number of nitrogens with zero attached hydrogens (tertiary/aromatic N) is 1. The van der Waals surface area contributed by atoms with Crippen molar-refractivity contribution < 1.29 is 13.2 Å². The van der Waals surface area contributed by atoms with Crippen molar-refractivity contribution in [2.24, 2.45) is 11.7 Å². The number of carbonyl (C=O) groups is 1. The van der Waals surface area contributed by atoms with E-state index in [2.05, 4.69) is 5.32 Å². The zero-order chi connectivity index (χ0) is 15.5. The predicted molar refractivity (Wildman–Crippen MR) is 87.6 cm³/mol. The van der Waals surface area contributed by atoms with E-state index in [1.54, 1.807) is 0 Å². The highest BCUT2D eigenvalue weighted by atomic mass is 35.5. The molecule has 2 rings (SSSR count). The van der Waals surface area contributed by atoms with Crippen LogP contribution in [0.1, 0.15) is 23.2 Å². The smallest absolute Gasteiger partial charge is 0.248 e. The van der Waals surface area contributed by atoms with Crippen LogP contribution in [0, 0.1) is 5.92 Å². The fourth-order valence-electron chi connectivity index (χ4n) is 2.64. The van der Waals surface area contributed by atoms with Gasteiger partial charge in [0.1, 0.15) is 0 Å². The van der Waals surface area contributed by atoms with Gasteiger partial charge in [-0.25, -0.2) is 8.42 Å². The minimum absolute atomic E-state index is 0. The van der Waals surface area contributed by atoms with E-state index >= 15 is 0 Å². The summed E-state index contributed by atoms with van der Waals surface area (Å²) in [5.74, 6) is -0.227. The standard InChI is InChI=1S/C14H21N3O3S.ClH/c1-16-9-11-3-2-8-17(10-11)21(19,20)13-6-4-12(5-7-13)14(15)18;/h4-7,11,16H,2-3,8-10H2,1H3,(H2,15,18);1H. The molecule has 1 amide bonds. The first-order valence-corrected chi connectivity index (χ1v) is 8.44. The molecule has 22 heavy (non-hydrogen) atoms. The Morgan fingerprint density at radius 3 is 2.55 bits per heavy atom. The van der Waals surface area contributed by atoms with Crippen molar-refractivity contribution in [2.45, 2.75) is 17.7 Å². The second-order valence-electron chi connectivity index (χ2n) is 5.32. The summed E-state index contributed by atoms with van der Waals surface area (Å²) in [6.45, 7) is 1.88. The number of nitrogens with one attached hydrogen (secondary N) is 1. The summed E-state index contributed by atoms with van der Waals surface area (Å²) in [4.78, 5) is 11.2. The van der Waals surface area contributed by atoms with Gasteiger partial charge in [0.2, 0.25) is 15.9 Å². The molecule has 0 bridgehead atoms. The van der Waals surface area contributed by atoms with E-state index < -0.39 is 15.9 Å². The number of nitrogens with two attached hydrogens (primary N) is 1. The van der Waals surface area contributed by atoms with Gasteiger partial charge in [-0.2, -0.15) is 4.31 Å². The maximum atomic E-state index is 12.6. The van der Waals surface area contributed by atoms with E-state index in [4.69, 9.17) is 5.73 Å². The van der Waals surface area contributed by atoms with Crippen LogP contribution < -0.4 is 11.1 Å². The minimum Gasteiger partial charge on any atom is -0.366 e. The first-order valence-electron chi connectivity index (χ1n) is 6.99. The molecule has 1 atom stereocenters.